The van der Waals surface area contributed by atoms with Crippen LogP contribution >= 0.6 is 23.1 Å². The number of amides is 1. The molecule has 1 heterocycles. The average Bonchev–Trinajstić information content (AvgIpc) is 2.88. The van der Waals surface area contributed by atoms with Gasteiger partial charge in [-0.3, -0.25) is 4.79 Å². The topological polar surface area (TPSA) is 42.0 Å². The summed E-state index contributed by atoms with van der Waals surface area (Å²) >= 11 is 3.21. The fourth-order valence-corrected chi connectivity index (χ4v) is 3.49. The molecule has 2 aromatic carbocycles. The molecule has 3 aromatic rings. The Bertz CT molecular complexity index is 767. The summed E-state index contributed by atoms with van der Waals surface area (Å²) in [7, 11) is 0. The second-order valence-electron chi connectivity index (χ2n) is 4.44. The van der Waals surface area contributed by atoms with Crippen LogP contribution in [0.3, 0.4) is 0 Å². The molecule has 0 bridgehead atoms. The van der Waals surface area contributed by atoms with Gasteiger partial charge < -0.3 is 5.32 Å². The van der Waals surface area contributed by atoms with Crippen molar-refractivity contribution in [2.75, 3.05) is 17.3 Å². The van der Waals surface area contributed by atoms with Crippen molar-refractivity contribution in [1.82, 2.24) is 4.98 Å². The maximum atomic E-state index is 11.8. The summed E-state index contributed by atoms with van der Waals surface area (Å²) in [5.41, 5.74) is 0.939. The van der Waals surface area contributed by atoms with E-state index >= 15 is 0 Å². The Balaban J connectivity index is 1.94. The van der Waals surface area contributed by atoms with Crippen LogP contribution in [-0.2, 0) is 4.79 Å². The molecule has 5 heteroatoms. The van der Waals surface area contributed by atoms with E-state index in [-0.39, 0.29) is 5.91 Å². The third-order valence-corrected chi connectivity index (χ3v) is 4.69. The van der Waals surface area contributed by atoms with Gasteiger partial charge in [0.15, 0.2) is 5.13 Å². The normalized spacial score (nSPS) is 11.1. The molecule has 1 amide bonds. The molecule has 20 heavy (non-hydrogen) atoms. The molecular formula is C15H14N2OS2. The Labute approximate surface area is 125 Å². The van der Waals surface area contributed by atoms with Crippen LogP contribution < -0.4 is 5.32 Å². The summed E-state index contributed by atoms with van der Waals surface area (Å²) in [6.07, 6.45) is 2.52. The van der Waals surface area contributed by atoms with E-state index < -0.39 is 0 Å². The first kappa shape index (κ1) is 13.4. The highest BCUT2D eigenvalue weighted by atomic mass is 32.2. The monoisotopic (exact) mass is 302 g/mol. The van der Waals surface area contributed by atoms with Crippen molar-refractivity contribution in [2.45, 2.75) is 6.42 Å². The Morgan fingerprint density at radius 2 is 2.15 bits per heavy atom. The maximum Gasteiger partial charge on any atom is 0.226 e. The number of thiazole rings is 1. The molecule has 0 aliphatic heterocycles. The van der Waals surface area contributed by atoms with Crippen molar-refractivity contribution in [1.29, 1.82) is 0 Å². The number of nitrogens with one attached hydrogen (secondary N) is 1. The van der Waals surface area contributed by atoms with Gasteiger partial charge in [-0.1, -0.05) is 41.7 Å². The van der Waals surface area contributed by atoms with Crippen molar-refractivity contribution >= 4 is 55.1 Å². The quantitative estimate of drug-likeness (QED) is 0.787. The summed E-state index contributed by atoms with van der Waals surface area (Å²) in [4.78, 5) is 16.2. The number of aromatic nitrogens is 1. The number of rotatable bonds is 4. The number of carbonyl (C=O) groups excluding carboxylic acids is 1. The zero-order valence-corrected chi connectivity index (χ0v) is 12.7. The van der Waals surface area contributed by atoms with E-state index in [0.29, 0.717) is 11.6 Å². The Hall–Kier alpha value is -1.59. The zero-order chi connectivity index (χ0) is 13.9. The Kier molecular flexibility index (Phi) is 3.89. The molecule has 0 spiro atoms. The summed E-state index contributed by atoms with van der Waals surface area (Å²) in [5.74, 6) is 0.863. The van der Waals surface area contributed by atoms with E-state index in [0.717, 1.165) is 16.0 Å². The summed E-state index contributed by atoms with van der Waals surface area (Å²) in [6.45, 7) is 0. The molecule has 1 aromatic heterocycles. The van der Waals surface area contributed by atoms with Gasteiger partial charge in [-0.2, -0.15) is 11.8 Å². The van der Waals surface area contributed by atoms with E-state index in [1.807, 2.05) is 24.5 Å². The van der Waals surface area contributed by atoms with Crippen LogP contribution in [0.25, 0.3) is 21.0 Å². The summed E-state index contributed by atoms with van der Waals surface area (Å²) < 4.78 is 1.13. The Morgan fingerprint density at radius 3 is 3.00 bits per heavy atom. The number of hydrogen-bond donors (Lipinski definition) is 1. The lowest BCUT2D eigenvalue weighted by atomic mass is 10.1. The number of fused-ring (bicyclic) bond motifs is 3. The van der Waals surface area contributed by atoms with E-state index in [4.69, 9.17) is 0 Å². The molecule has 0 saturated heterocycles. The van der Waals surface area contributed by atoms with Crippen molar-refractivity contribution in [3.8, 4) is 0 Å². The molecule has 3 rings (SSSR count). The lowest BCUT2D eigenvalue weighted by Crippen LogP contribution is -2.11. The third kappa shape index (κ3) is 2.64. The third-order valence-electron chi connectivity index (χ3n) is 3.06. The second-order valence-corrected chi connectivity index (χ2v) is 6.43. The molecule has 102 valence electrons. The molecular weight excluding hydrogens is 288 g/mol. The van der Waals surface area contributed by atoms with Crippen molar-refractivity contribution in [3.63, 3.8) is 0 Å². The molecule has 0 unspecified atom stereocenters. The lowest BCUT2D eigenvalue weighted by molar-refractivity contribution is -0.115. The largest absolute Gasteiger partial charge is 0.302 e. The number of carbonyl (C=O) groups is 1. The number of hydrogen-bond acceptors (Lipinski definition) is 4. The van der Waals surface area contributed by atoms with Gasteiger partial charge in [0.2, 0.25) is 5.91 Å². The highest BCUT2D eigenvalue weighted by Crippen LogP contribution is 2.32. The predicted molar refractivity (Wildman–Crippen MR) is 88.8 cm³/mol. The fraction of sp³-hybridized carbons (Fsp3) is 0.200. The Morgan fingerprint density at radius 1 is 1.30 bits per heavy atom. The second kappa shape index (κ2) is 5.81. The van der Waals surface area contributed by atoms with Gasteiger partial charge in [-0.15, -0.1) is 0 Å². The maximum absolute atomic E-state index is 11.8. The number of thioether (sulfide) groups is 1. The van der Waals surface area contributed by atoms with Crippen LogP contribution in [0.15, 0.2) is 36.4 Å². The van der Waals surface area contributed by atoms with Crippen molar-refractivity contribution < 1.29 is 4.79 Å². The SMILES string of the molecule is CSCCC(=O)Nc1nc2ccc3ccccc3c2s1. The van der Waals surface area contributed by atoms with Crippen LogP contribution in [0.4, 0.5) is 5.13 Å². The summed E-state index contributed by atoms with van der Waals surface area (Å²) in [5, 5.41) is 5.95. The van der Waals surface area contributed by atoms with Crippen LogP contribution in [0.5, 0.6) is 0 Å². The van der Waals surface area contributed by atoms with E-state index in [2.05, 4.69) is 28.5 Å². The minimum Gasteiger partial charge on any atom is -0.302 e. The van der Waals surface area contributed by atoms with E-state index in [1.54, 1.807) is 11.8 Å². The van der Waals surface area contributed by atoms with Crippen molar-refractivity contribution in [3.05, 3.63) is 36.4 Å². The van der Waals surface area contributed by atoms with Gasteiger partial charge in [0.1, 0.15) is 0 Å². The molecule has 0 atom stereocenters. The number of nitrogens with zero attached hydrogens (tertiary/aromatic N) is 1. The molecule has 0 fully saturated rings. The summed E-state index contributed by atoms with van der Waals surface area (Å²) in [6, 6.07) is 12.3. The first-order chi connectivity index (χ1) is 9.78. The van der Waals surface area contributed by atoms with Crippen LogP contribution in [0.1, 0.15) is 6.42 Å². The van der Waals surface area contributed by atoms with Gasteiger partial charge in [-0.05, 0) is 17.7 Å². The van der Waals surface area contributed by atoms with Gasteiger partial charge in [-0.25, -0.2) is 4.98 Å². The molecule has 0 aliphatic carbocycles. The molecule has 0 radical (unpaired) electrons. The van der Waals surface area contributed by atoms with Crippen LogP contribution in [0, 0.1) is 0 Å². The van der Waals surface area contributed by atoms with Crippen LogP contribution in [0.2, 0.25) is 0 Å². The lowest BCUT2D eigenvalue weighted by Gasteiger charge is -1.98. The van der Waals surface area contributed by atoms with Crippen molar-refractivity contribution in [2.24, 2.45) is 0 Å². The van der Waals surface area contributed by atoms with Crippen LogP contribution in [-0.4, -0.2) is 22.9 Å². The van der Waals surface area contributed by atoms with Gasteiger partial charge in [0.05, 0.1) is 10.2 Å². The molecule has 0 aliphatic rings. The van der Waals surface area contributed by atoms with Gasteiger partial charge >= 0.3 is 0 Å². The predicted octanol–water partition coefficient (Wildman–Crippen LogP) is 4.14. The molecule has 3 nitrogen and oxygen atoms in total. The average molecular weight is 302 g/mol. The minimum atomic E-state index is 0.0303. The number of anilines is 1. The zero-order valence-electron chi connectivity index (χ0n) is 11.1. The number of benzene rings is 2. The highest BCUT2D eigenvalue weighted by Gasteiger charge is 2.09. The molecule has 0 saturated carbocycles. The standard InChI is InChI=1S/C15H14N2OS2/c1-19-9-8-13(18)17-15-16-12-7-6-10-4-2-3-5-11(10)14(12)20-15/h2-7H,8-9H2,1H3,(H,16,17,18). The fourth-order valence-electron chi connectivity index (χ4n) is 2.09. The smallest absolute Gasteiger partial charge is 0.226 e. The minimum absolute atomic E-state index is 0.0303. The first-order valence-electron chi connectivity index (χ1n) is 6.35. The first-order valence-corrected chi connectivity index (χ1v) is 8.56. The highest BCUT2D eigenvalue weighted by molar-refractivity contribution is 7.98. The molecule has 1 N–H and O–H groups in total. The van der Waals surface area contributed by atoms with E-state index in [9.17, 15) is 4.79 Å². The van der Waals surface area contributed by atoms with Gasteiger partial charge in [0, 0.05) is 17.6 Å². The van der Waals surface area contributed by atoms with Gasteiger partial charge in [0.25, 0.3) is 0 Å². The van der Waals surface area contributed by atoms with E-state index in [1.165, 1.54) is 22.1 Å².